The van der Waals surface area contributed by atoms with E-state index in [9.17, 15) is 14.4 Å². The maximum Gasteiger partial charge on any atom is 0.238 e. The summed E-state index contributed by atoms with van der Waals surface area (Å²) in [5, 5.41) is 3.00. The van der Waals surface area contributed by atoms with Gasteiger partial charge in [0.15, 0.2) is 5.78 Å². The van der Waals surface area contributed by atoms with Gasteiger partial charge in [0.1, 0.15) is 0 Å². The number of Topliss-reactive ketones (excluding diaryl/α,β-unsaturated/α-hetero) is 1. The molecular formula is C26H33N3O3. The Kier molecular flexibility index (Phi) is 8.17. The van der Waals surface area contributed by atoms with Crippen LogP contribution in [0.4, 0.5) is 5.69 Å². The third-order valence-electron chi connectivity index (χ3n) is 6.16. The van der Waals surface area contributed by atoms with Crippen molar-refractivity contribution in [3.8, 4) is 0 Å². The number of nitrogens with zero attached hydrogens (tertiary/aromatic N) is 2. The number of amides is 2. The fraction of sp³-hybridized carbons (Fsp3) is 0.423. The van der Waals surface area contributed by atoms with Crippen molar-refractivity contribution in [3.05, 3.63) is 64.7 Å². The first kappa shape index (κ1) is 23.7. The van der Waals surface area contributed by atoms with Crippen molar-refractivity contribution in [2.45, 2.75) is 40.0 Å². The second kappa shape index (κ2) is 11.0. The molecule has 3 rings (SSSR count). The summed E-state index contributed by atoms with van der Waals surface area (Å²) in [4.78, 5) is 41.3. The Labute approximate surface area is 190 Å². The highest BCUT2D eigenvalue weighted by atomic mass is 16.2. The van der Waals surface area contributed by atoms with E-state index in [4.69, 9.17) is 0 Å². The highest BCUT2D eigenvalue weighted by molar-refractivity contribution is 5.98. The number of piperazine rings is 1. The number of anilines is 1. The van der Waals surface area contributed by atoms with Crippen LogP contribution in [0.15, 0.2) is 42.5 Å². The largest absolute Gasteiger partial charge is 0.340 e. The predicted molar refractivity (Wildman–Crippen MR) is 127 cm³/mol. The SMILES string of the molecule is CCc1ccccc1NC(=O)CN1CCN(C(=O)CCC(=O)c2ccc(C)c(C)c2)CC1. The summed E-state index contributed by atoms with van der Waals surface area (Å²) < 4.78 is 0. The van der Waals surface area contributed by atoms with Crippen LogP contribution in [-0.2, 0) is 16.0 Å². The van der Waals surface area contributed by atoms with E-state index >= 15 is 0 Å². The summed E-state index contributed by atoms with van der Waals surface area (Å²) >= 11 is 0. The molecule has 1 fully saturated rings. The van der Waals surface area contributed by atoms with Crippen LogP contribution in [0.3, 0.4) is 0 Å². The van der Waals surface area contributed by atoms with Gasteiger partial charge in [0.05, 0.1) is 6.54 Å². The molecular weight excluding hydrogens is 402 g/mol. The number of carbonyl (C=O) groups excluding carboxylic acids is 3. The second-order valence-corrected chi connectivity index (χ2v) is 8.44. The van der Waals surface area contributed by atoms with Gasteiger partial charge in [0.25, 0.3) is 0 Å². The lowest BCUT2D eigenvalue weighted by atomic mass is 10.0. The molecule has 2 amide bonds. The number of hydrogen-bond donors (Lipinski definition) is 1. The monoisotopic (exact) mass is 435 g/mol. The Balaban J connectivity index is 1.41. The van der Waals surface area contributed by atoms with Gasteiger partial charge < -0.3 is 10.2 Å². The lowest BCUT2D eigenvalue weighted by Gasteiger charge is -2.34. The van der Waals surface area contributed by atoms with Crippen molar-refractivity contribution in [1.29, 1.82) is 0 Å². The summed E-state index contributed by atoms with van der Waals surface area (Å²) in [6.07, 6.45) is 1.31. The van der Waals surface area contributed by atoms with Crippen molar-refractivity contribution in [2.75, 3.05) is 38.0 Å². The van der Waals surface area contributed by atoms with Gasteiger partial charge in [0, 0.05) is 50.3 Å². The minimum atomic E-state index is -0.0373. The average molecular weight is 436 g/mol. The summed E-state index contributed by atoms with van der Waals surface area (Å²) in [7, 11) is 0. The Morgan fingerprint density at radius 2 is 1.62 bits per heavy atom. The summed E-state index contributed by atoms with van der Waals surface area (Å²) in [6, 6.07) is 13.5. The topological polar surface area (TPSA) is 69.7 Å². The average Bonchev–Trinajstić information content (AvgIpc) is 2.79. The zero-order valence-corrected chi connectivity index (χ0v) is 19.3. The van der Waals surface area contributed by atoms with E-state index in [0.29, 0.717) is 38.3 Å². The van der Waals surface area contributed by atoms with Crippen LogP contribution in [0, 0.1) is 13.8 Å². The van der Waals surface area contributed by atoms with E-state index in [1.807, 2.05) is 56.3 Å². The fourth-order valence-electron chi connectivity index (χ4n) is 3.94. The van der Waals surface area contributed by atoms with Gasteiger partial charge in [-0.3, -0.25) is 19.3 Å². The number of carbonyl (C=O) groups is 3. The molecule has 1 N–H and O–H groups in total. The normalized spacial score (nSPS) is 14.3. The molecule has 0 aromatic heterocycles. The van der Waals surface area contributed by atoms with Crippen molar-refractivity contribution < 1.29 is 14.4 Å². The molecule has 2 aromatic rings. The molecule has 1 saturated heterocycles. The molecule has 0 atom stereocenters. The smallest absolute Gasteiger partial charge is 0.238 e. The molecule has 2 aromatic carbocycles. The first-order valence-corrected chi connectivity index (χ1v) is 11.4. The summed E-state index contributed by atoms with van der Waals surface area (Å²) in [6.45, 7) is 8.84. The number of aryl methyl sites for hydroxylation is 3. The van der Waals surface area contributed by atoms with Gasteiger partial charge >= 0.3 is 0 Å². The Morgan fingerprint density at radius 1 is 0.906 bits per heavy atom. The maximum atomic E-state index is 12.6. The van der Waals surface area contributed by atoms with Gasteiger partial charge in [0.2, 0.25) is 11.8 Å². The van der Waals surface area contributed by atoms with Crippen LogP contribution in [0.1, 0.15) is 46.8 Å². The van der Waals surface area contributed by atoms with Crippen LogP contribution in [-0.4, -0.2) is 60.1 Å². The van der Waals surface area contributed by atoms with Crippen molar-refractivity contribution in [1.82, 2.24) is 9.80 Å². The molecule has 0 bridgehead atoms. The third kappa shape index (κ3) is 6.26. The van der Waals surface area contributed by atoms with E-state index < -0.39 is 0 Å². The number of hydrogen-bond acceptors (Lipinski definition) is 4. The fourth-order valence-corrected chi connectivity index (χ4v) is 3.94. The van der Waals surface area contributed by atoms with Crippen LogP contribution >= 0.6 is 0 Å². The minimum absolute atomic E-state index is 0.00292. The van der Waals surface area contributed by atoms with Crippen molar-refractivity contribution >= 4 is 23.3 Å². The molecule has 0 saturated carbocycles. The van der Waals surface area contributed by atoms with E-state index in [1.165, 1.54) is 0 Å². The Morgan fingerprint density at radius 3 is 2.31 bits per heavy atom. The van der Waals surface area contributed by atoms with E-state index in [2.05, 4.69) is 17.1 Å². The first-order chi connectivity index (χ1) is 15.4. The van der Waals surface area contributed by atoms with E-state index in [1.54, 1.807) is 4.90 Å². The molecule has 6 nitrogen and oxygen atoms in total. The molecule has 0 spiro atoms. The van der Waals surface area contributed by atoms with Crippen LogP contribution in [0.2, 0.25) is 0 Å². The van der Waals surface area contributed by atoms with Gasteiger partial charge in [-0.25, -0.2) is 0 Å². The zero-order valence-electron chi connectivity index (χ0n) is 19.3. The molecule has 1 aliphatic rings. The minimum Gasteiger partial charge on any atom is -0.340 e. The quantitative estimate of drug-likeness (QED) is 0.643. The Bertz CT molecular complexity index is 978. The number of benzene rings is 2. The molecule has 0 unspecified atom stereocenters. The number of rotatable bonds is 8. The van der Waals surface area contributed by atoms with E-state index in [-0.39, 0.29) is 30.4 Å². The van der Waals surface area contributed by atoms with Crippen LogP contribution in [0.5, 0.6) is 0 Å². The van der Waals surface area contributed by atoms with Crippen LogP contribution in [0.25, 0.3) is 0 Å². The summed E-state index contributed by atoms with van der Waals surface area (Å²) in [5.74, 6) is -0.0306. The molecule has 170 valence electrons. The second-order valence-electron chi connectivity index (χ2n) is 8.44. The molecule has 1 aliphatic heterocycles. The summed E-state index contributed by atoms with van der Waals surface area (Å²) in [5.41, 5.74) is 4.88. The lowest BCUT2D eigenvalue weighted by Crippen LogP contribution is -2.50. The standard InChI is InChI=1S/C26H33N3O3/c1-4-21-7-5-6-8-23(21)27-25(31)18-28-13-15-29(16-14-28)26(32)12-11-24(30)22-10-9-19(2)20(3)17-22/h5-10,17H,4,11-16,18H2,1-3H3,(H,27,31). The number of ketones is 1. The predicted octanol–water partition coefficient (Wildman–Crippen LogP) is 3.61. The zero-order chi connectivity index (χ0) is 23.1. The molecule has 0 aliphatic carbocycles. The lowest BCUT2D eigenvalue weighted by molar-refractivity contribution is -0.133. The van der Waals surface area contributed by atoms with Crippen LogP contribution < -0.4 is 5.32 Å². The molecule has 1 heterocycles. The number of para-hydroxylation sites is 1. The van der Waals surface area contributed by atoms with E-state index in [0.717, 1.165) is 28.8 Å². The third-order valence-corrected chi connectivity index (χ3v) is 6.16. The van der Waals surface area contributed by atoms with Gasteiger partial charge in [-0.15, -0.1) is 0 Å². The van der Waals surface area contributed by atoms with Gasteiger partial charge in [-0.05, 0) is 49.1 Å². The Hall–Kier alpha value is -2.99. The molecule has 32 heavy (non-hydrogen) atoms. The maximum absolute atomic E-state index is 12.6. The van der Waals surface area contributed by atoms with Crippen molar-refractivity contribution in [3.63, 3.8) is 0 Å². The van der Waals surface area contributed by atoms with Gasteiger partial charge in [-0.2, -0.15) is 0 Å². The highest BCUT2D eigenvalue weighted by Crippen LogP contribution is 2.16. The van der Waals surface area contributed by atoms with Crippen molar-refractivity contribution in [2.24, 2.45) is 0 Å². The molecule has 0 radical (unpaired) electrons. The molecule has 6 heteroatoms. The van der Waals surface area contributed by atoms with Gasteiger partial charge in [-0.1, -0.05) is 37.3 Å². The first-order valence-electron chi connectivity index (χ1n) is 11.4. The number of nitrogens with one attached hydrogen (secondary N) is 1. The highest BCUT2D eigenvalue weighted by Gasteiger charge is 2.23.